The number of unbranched alkanes of at least 4 members (excludes halogenated alkanes) is 3. The van der Waals surface area contributed by atoms with Crippen LogP contribution >= 0.6 is 15.9 Å². The third-order valence-corrected chi connectivity index (χ3v) is 3.02. The quantitative estimate of drug-likeness (QED) is 0.743. The molecule has 0 radical (unpaired) electrons. The first-order valence-corrected chi connectivity index (χ1v) is 6.91. The number of nitrogens with two attached hydrogens (primary N) is 1. The van der Waals surface area contributed by atoms with Gasteiger partial charge in [0.25, 0.3) is 0 Å². The molecular formula is C12H17BrF3N3. The van der Waals surface area contributed by atoms with Crippen LogP contribution in [-0.4, -0.2) is 18.1 Å². The van der Waals surface area contributed by atoms with E-state index in [1.807, 2.05) is 0 Å². The number of pyridine rings is 1. The summed E-state index contributed by atoms with van der Waals surface area (Å²) in [4.78, 5) is 3.78. The molecule has 0 aliphatic heterocycles. The second-order valence-corrected chi connectivity index (χ2v) is 5.09. The Balaban J connectivity index is 2.54. The highest BCUT2D eigenvalue weighted by Gasteiger charge is 2.34. The molecule has 3 N–H and O–H groups in total. The van der Waals surface area contributed by atoms with E-state index in [4.69, 9.17) is 5.73 Å². The Hall–Kier alpha value is -0.820. The summed E-state index contributed by atoms with van der Waals surface area (Å²) in [5.41, 5.74) is 4.61. The highest BCUT2D eigenvalue weighted by atomic mass is 79.9. The molecule has 3 nitrogen and oxygen atoms in total. The van der Waals surface area contributed by atoms with Gasteiger partial charge < -0.3 is 11.1 Å². The molecule has 0 aliphatic carbocycles. The van der Waals surface area contributed by atoms with Gasteiger partial charge in [0.1, 0.15) is 5.82 Å². The van der Waals surface area contributed by atoms with Crippen molar-refractivity contribution in [1.82, 2.24) is 4.98 Å². The van der Waals surface area contributed by atoms with E-state index in [2.05, 4.69) is 26.2 Å². The lowest BCUT2D eigenvalue weighted by atomic mass is 10.2. The smallest absolute Gasteiger partial charge is 0.370 e. The van der Waals surface area contributed by atoms with Gasteiger partial charge in [0.05, 0.1) is 5.56 Å². The number of hydrogen-bond donors (Lipinski definition) is 2. The monoisotopic (exact) mass is 339 g/mol. The molecule has 1 heterocycles. The number of nitrogens with one attached hydrogen (secondary N) is 1. The van der Waals surface area contributed by atoms with Gasteiger partial charge in [-0.25, -0.2) is 4.98 Å². The van der Waals surface area contributed by atoms with Crippen molar-refractivity contribution in [3.8, 4) is 0 Å². The van der Waals surface area contributed by atoms with Crippen molar-refractivity contribution in [2.24, 2.45) is 5.73 Å². The zero-order valence-corrected chi connectivity index (χ0v) is 12.0. The Kier molecular flexibility index (Phi) is 6.57. The summed E-state index contributed by atoms with van der Waals surface area (Å²) >= 11 is 3.00. The number of rotatable bonds is 7. The van der Waals surface area contributed by atoms with E-state index in [1.54, 1.807) is 0 Å². The molecule has 0 saturated heterocycles. The zero-order valence-electron chi connectivity index (χ0n) is 10.4. The van der Waals surface area contributed by atoms with E-state index in [9.17, 15) is 13.2 Å². The van der Waals surface area contributed by atoms with Gasteiger partial charge in [-0.1, -0.05) is 12.8 Å². The van der Waals surface area contributed by atoms with Gasteiger partial charge >= 0.3 is 6.18 Å². The van der Waals surface area contributed by atoms with Crippen LogP contribution in [-0.2, 0) is 6.18 Å². The molecule has 0 atom stereocenters. The summed E-state index contributed by atoms with van der Waals surface area (Å²) < 4.78 is 38.7. The summed E-state index contributed by atoms with van der Waals surface area (Å²) in [7, 11) is 0. The molecule has 0 fully saturated rings. The molecule has 1 rings (SSSR count). The summed E-state index contributed by atoms with van der Waals surface area (Å²) in [6, 6.07) is 1.03. The normalized spacial score (nSPS) is 11.6. The number of hydrogen-bond acceptors (Lipinski definition) is 3. The molecule has 1 aromatic rings. The van der Waals surface area contributed by atoms with E-state index in [0.717, 1.165) is 31.7 Å². The fourth-order valence-electron chi connectivity index (χ4n) is 1.63. The fourth-order valence-corrected chi connectivity index (χ4v) is 1.96. The maximum atomic E-state index is 12.8. The first-order chi connectivity index (χ1) is 8.95. The average molecular weight is 340 g/mol. The lowest BCUT2D eigenvalue weighted by molar-refractivity contribution is -0.137. The molecule has 0 aromatic carbocycles. The van der Waals surface area contributed by atoms with Crippen LogP contribution in [0.3, 0.4) is 0 Å². The lowest BCUT2D eigenvalue weighted by Crippen LogP contribution is -2.13. The number of anilines is 1. The van der Waals surface area contributed by atoms with Crippen LogP contribution in [0.2, 0.25) is 0 Å². The SMILES string of the molecule is NCCCCCCNc1ncc(Br)cc1C(F)(F)F. The first-order valence-electron chi connectivity index (χ1n) is 6.12. The second kappa shape index (κ2) is 7.69. The van der Waals surface area contributed by atoms with Crippen LogP contribution in [0.5, 0.6) is 0 Å². The molecule has 108 valence electrons. The number of alkyl halides is 3. The Morgan fingerprint density at radius 1 is 1.21 bits per heavy atom. The Bertz CT molecular complexity index is 396. The maximum absolute atomic E-state index is 12.8. The van der Waals surface area contributed by atoms with Crippen molar-refractivity contribution < 1.29 is 13.2 Å². The van der Waals surface area contributed by atoms with Crippen molar-refractivity contribution >= 4 is 21.7 Å². The third kappa shape index (κ3) is 5.78. The summed E-state index contributed by atoms with van der Waals surface area (Å²) in [6.45, 7) is 1.13. The minimum absolute atomic E-state index is 0.116. The van der Waals surface area contributed by atoms with Gasteiger partial charge in [-0.2, -0.15) is 13.2 Å². The van der Waals surface area contributed by atoms with Crippen molar-refractivity contribution in [2.75, 3.05) is 18.4 Å². The molecule has 0 saturated carbocycles. The van der Waals surface area contributed by atoms with E-state index in [0.29, 0.717) is 17.6 Å². The molecule has 0 spiro atoms. The topological polar surface area (TPSA) is 50.9 Å². The Morgan fingerprint density at radius 3 is 2.53 bits per heavy atom. The van der Waals surface area contributed by atoms with Crippen LogP contribution in [0.4, 0.5) is 19.0 Å². The number of nitrogens with zero attached hydrogens (tertiary/aromatic N) is 1. The molecule has 0 bridgehead atoms. The molecule has 1 aromatic heterocycles. The van der Waals surface area contributed by atoms with Crippen LogP contribution in [0.1, 0.15) is 31.2 Å². The van der Waals surface area contributed by atoms with E-state index in [1.165, 1.54) is 6.20 Å². The largest absolute Gasteiger partial charge is 0.419 e. The van der Waals surface area contributed by atoms with E-state index >= 15 is 0 Å². The average Bonchev–Trinajstić information content (AvgIpc) is 2.34. The first kappa shape index (κ1) is 16.2. The van der Waals surface area contributed by atoms with Crippen LogP contribution in [0.25, 0.3) is 0 Å². The van der Waals surface area contributed by atoms with Gasteiger partial charge in [-0.05, 0) is 41.4 Å². The Labute approximate surface area is 118 Å². The molecule has 0 amide bonds. The van der Waals surface area contributed by atoms with Gasteiger partial charge in [0, 0.05) is 17.2 Å². The van der Waals surface area contributed by atoms with Crippen molar-refractivity contribution in [3.05, 3.63) is 22.3 Å². The van der Waals surface area contributed by atoms with Gasteiger partial charge in [0.15, 0.2) is 0 Å². The lowest BCUT2D eigenvalue weighted by Gasteiger charge is -2.13. The second-order valence-electron chi connectivity index (χ2n) is 4.18. The molecule has 0 unspecified atom stereocenters. The summed E-state index contributed by atoms with van der Waals surface area (Å²) in [5, 5.41) is 2.74. The Morgan fingerprint density at radius 2 is 1.89 bits per heavy atom. The van der Waals surface area contributed by atoms with Crippen LogP contribution in [0, 0.1) is 0 Å². The van der Waals surface area contributed by atoms with E-state index < -0.39 is 11.7 Å². The fraction of sp³-hybridized carbons (Fsp3) is 0.583. The van der Waals surface area contributed by atoms with Crippen molar-refractivity contribution in [3.63, 3.8) is 0 Å². The molecular weight excluding hydrogens is 323 g/mol. The standard InChI is InChI=1S/C12H17BrF3N3/c13-9-7-10(12(14,15)16)11(19-8-9)18-6-4-2-1-3-5-17/h7-8H,1-6,17H2,(H,18,19). The van der Waals surface area contributed by atoms with Crippen molar-refractivity contribution in [2.45, 2.75) is 31.9 Å². The number of aromatic nitrogens is 1. The van der Waals surface area contributed by atoms with E-state index in [-0.39, 0.29) is 5.82 Å². The summed E-state index contributed by atoms with van der Waals surface area (Å²) in [5.74, 6) is -0.116. The summed E-state index contributed by atoms with van der Waals surface area (Å²) in [6.07, 6.45) is 0.643. The van der Waals surface area contributed by atoms with Crippen LogP contribution in [0.15, 0.2) is 16.7 Å². The third-order valence-electron chi connectivity index (χ3n) is 2.58. The predicted molar refractivity (Wildman–Crippen MR) is 73.0 cm³/mol. The van der Waals surface area contributed by atoms with Gasteiger partial charge in [0.2, 0.25) is 0 Å². The minimum Gasteiger partial charge on any atom is -0.370 e. The highest BCUT2D eigenvalue weighted by molar-refractivity contribution is 9.10. The molecule has 0 aliphatic rings. The highest BCUT2D eigenvalue weighted by Crippen LogP contribution is 2.35. The minimum atomic E-state index is -4.40. The molecule has 19 heavy (non-hydrogen) atoms. The zero-order chi connectivity index (χ0) is 14.3. The maximum Gasteiger partial charge on any atom is 0.419 e. The van der Waals surface area contributed by atoms with Gasteiger partial charge in [-0.3, -0.25) is 0 Å². The number of halogens is 4. The van der Waals surface area contributed by atoms with Crippen molar-refractivity contribution in [1.29, 1.82) is 0 Å². The van der Waals surface area contributed by atoms with Crippen LogP contribution < -0.4 is 11.1 Å². The molecule has 7 heteroatoms. The van der Waals surface area contributed by atoms with Gasteiger partial charge in [-0.15, -0.1) is 0 Å². The predicted octanol–water partition coefficient (Wildman–Crippen LogP) is 3.79.